The Hall–Kier alpha value is -1.99. The van der Waals surface area contributed by atoms with Crippen molar-refractivity contribution in [2.45, 2.75) is 32.4 Å². The Morgan fingerprint density at radius 3 is 2.72 bits per heavy atom. The van der Waals surface area contributed by atoms with Gasteiger partial charge in [-0.1, -0.05) is 0 Å². The quantitative estimate of drug-likeness (QED) is 0.724. The number of benzene rings is 1. The fraction of sp³-hybridized carbons (Fsp3) is 0.611. The molecule has 1 aromatic rings. The second-order valence-electron chi connectivity index (χ2n) is 7.71. The lowest BCUT2D eigenvalue weighted by atomic mass is 10.1. The highest BCUT2D eigenvalue weighted by Gasteiger charge is 2.22. The van der Waals surface area contributed by atoms with Crippen LogP contribution in [0.2, 0.25) is 0 Å². The van der Waals surface area contributed by atoms with Gasteiger partial charge in [-0.3, -0.25) is 10.2 Å². The minimum absolute atomic E-state index is 0.417. The first-order chi connectivity index (χ1) is 11.6. The lowest BCUT2D eigenvalue weighted by Crippen LogP contribution is -2.52. The van der Waals surface area contributed by atoms with Gasteiger partial charge < -0.3 is 20.7 Å². The number of carbonyl (C=O) groups is 1. The molecule has 1 saturated heterocycles. The van der Waals surface area contributed by atoms with Crippen LogP contribution >= 0.6 is 0 Å². The summed E-state index contributed by atoms with van der Waals surface area (Å²) in [7, 11) is 4.28. The van der Waals surface area contributed by atoms with Gasteiger partial charge in [-0.15, -0.1) is 0 Å². The van der Waals surface area contributed by atoms with Crippen molar-refractivity contribution in [1.29, 1.82) is 0 Å². The molecule has 1 aliphatic rings. The molecule has 0 saturated carbocycles. The first kappa shape index (κ1) is 19.3. The average molecular weight is 349 g/mol. The smallest absolute Gasteiger partial charge is 0.412 e. The van der Waals surface area contributed by atoms with Gasteiger partial charge in [0.1, 0.15) is 5.60 Å². The first-order valence-corrected chi connectivity index (χ1v) is 8.66. The van der Waals surface area contributed by atoms with Crippen LogP contribution in [0.1, 0.15) is 20.8 Å². The molecule has 0 spiro atoms. The van der Waals surface area contributed by atoms with E-state index in [1.807, 2.05) is 26.8 Å². The van der Waals surface area contributed by atoms with Crippen LogP contribution in [-0.2, 0) is 4.74 Å². The number of piperazine rings is 1. The van der Waals surface area contributed by atoms with Crippen LogP contribution in [-0.4, -0.2) is 67.8 Å². The van der Waals surface area contributed by atoms with Crippen molar-refractivity contribution in [1.82, 2.24) is 9.80 Å². The van der Waals surface area contributed by atoms with Gasteiger partial charge >= 0.3 is 6.09 Å². The van der Waals surface area contributed by atoms with Crippen molar-refractivity contribution in [2.75, 3.05) is 56.6 Å². The first-order valence-electron chi connectivity index (χ1n) is 8.66. The molecule has 25 heavy (non-hydrogen) atoms. The number of carbonyl (C=O) groups excluding carboxylic acids is 1. The van der Waals surface area contributed by atoms with Crippen LogP contribution in [0.5, 0.6) is 0 Å². The van der Waals surface area contributed by atoms with Crippen molar-refractivity contribution in [3.63, 3.8) is 0 Å². The Morgan fingerprint density at radius 2 is 2.04 bits per heavy atom. The van der Waals surface area contributed by atoms with E-state index in [0.29, 0.717) is 17.4 Å². The zero-order valence-corrected chi connectivity index (χ0v) is 15.9. The summed E-state index contributed by atoms with van der Waals surface area (Å²) in [5.74, 6) is 0. The van der Waals surface area contributed by atoms with Crippen LogP contribution in [0.4, 0.5) is 21.9 Å². The van der Waals surface area contributed by atoms with Crippen molar-refractivity contribution in [2.24, 2.45) is 0 Å². The molecule has 0 bridgehead atoms. The zero-order chi connectivity index (χ0) is 18.6. The molecule has 4 N–H and O–H groups in total. The number of nitrogens with zero attached hydrogens (tertiary/aromatic N) is 2. The van der Waals surface area contributed by atoms with Gasteiger partial charge in [0.2, 0.25) is 0 Å². The number of ether oxygens (including phenoxy) is 1. The van der Waals surface area contributed by atoms with Gasteiger partial charge in [-0.25, -0.2) is 4.79 Å². The third kappa shape index (κ3) is 6.10. The van der Waals surface area contributed by atoms with Crippen molar-refractivity contribution in [3.8, 4) is 0 Å². The molecule has 1 fully saturated rings. The van der Waals surface area contributed by atoms with Crippen LogP contribution in [0.3, 0.4) is 0 Å². The normalized spacial score (nSPS) is 19.5. The largest absolute Gasteiger partial charge is 0.444 e. The lowest BCUT2D eigenvalue weighted by Gasteiger charge is -2.38. The molecule has 1 amide bonds. The van der Waals surface area contributed by atoms with Crippen LogP contribution in [0, 0.1) is 0 Å². The van der Waals surface area contributed by atoms with Gasteiger partial charge in [-0.05, 0) is 53.1 Å². The molecule has 140 valence electrons. The average Bonchev–Trinajstić information content (AvgIpc) is 2.49. The fourth-order valence-electron chi connectivity index (χ4n) is 2.76. The van der Waals surface area contributed by atoms with E-state index in [0.717, 1.165) is 31.9 Å². The third-order valence-corrected chi connectivity index (χ3v) is 4.21. The highest BCUT2D eigenvalue weighted by Crippen LogP contribution is 2.24. The minimum atomic E-state index is -0.531. The summed E-state index contributed by atoms with van der Waals surface area (Å²) in [6.45, 7) is 9.45. The highest BCUT2D eigenvalue weighted by atomic mass is 16.6. The van der Waals surface area contributed by atoms with Crippen LogP contribution in [0.25, 0.3) is 0 Å². The van der Waals surface area contributed by atoms with Gasteiger partial charge in [0.25, 0.3) is 0 Å². The zero-order valence-electron chi connectivity index (χ0n) is 15.9. The molecule has 0 aliphatic carbocycles. The molecular formula is C18H31N5O2. The highest BCUT2D eigenvalue weighted by molar-refractivity contribution is 5.87. The Bertz CT molecular complexity index is 600. The second-order valence-corrected chi connectivity index (χ2v) is 7.71. The summed E-state index contributed by atoms with van der Waals surface area (Å²) in [5.41, 5.74) is 7.66. The summed E-state index contributed by atoms with van der Waals surface area (Å²) in [4.78, 5) is 16.6. The number of nitrogen functional groups attached to an aromatic ring is 1. The molecule has 2 rings (SSSR count). The molecule has 0 aromatic heterocycles. The van der Waals surface area contributed by atoms with Gasteiger partial charge in [0.05, 0.1) is 11.4 Å². The molecule has 1 unspecified atom stereocenters. The van der Waals surface area contributed by atoms with Crippen molar-refractivity contribution >= 4 is 23.2 Å². The maximum atomic E-state index is 11.9. The number of likely N-dealkylation sites (N-methyl/N-ethyl adjacent to an activating group) is 2. The molecule has 7 heteroatoms. The van der Waals surface area contributed by atoms with E-state index < -0.39 is 11.7 Å². The van der Waals surface area contributed by atoms with E-state index in [2.05, 4.69) is 34.5 Å². The lowest BCUT2D eigenvalue weighted by molar-refractivity contribution is 0.0636. The summed E-state index contributed by atoms with van der Waals surface area (Å²) in [6.07, 6.45) is -0.475. The summed E-state index contributed by atoms with van der Waals surface area (Å²) in [5, 5.41) is 6.15. The van der Waals surface area contributed by atoms with Crippen molar-refractivity contribution < 1.29 is 9.53 Å². The minimum Gasteiger partial charge on any atom is -0.444 e. The molecule has 0 radical (unpaired) electrons. The Balaban J connectivity index is 1.97. The Labute approximate surface area is 150 Å². The SMILES string of the molecule is CN1CCN(C)C(CNc2cc(NC(=O)OC(C)(C)C)ccc2N)C1. The predicted octanol–water partition coefficient (Wildman–Crippen LogP) is 2.27. The number of hydrogen-bond acceptors (Lipinski definition) is 6. The van der Waals surface area contributed by atoms with E-state index >= 15 is 0 Å². The number of nitrogens with two attached hydrogens (primary N) is 1. The van der Waals surface area contributed by atoms with Crippen molar-refractivity contribution in [3.05, 3.63) is 18.2 Å². The van der Waals surface area contributed by atoms with Gasteiger partial charge in [0, 0.05) is 37.9 Å². The van der Waals surface area contributed by atoms with Crippen LogP contribution in [0.15, 0.2) is 18.2 Å². The number of hydrogen-bond donors (Lipinski definition) is 3. The molecule has 1 atom stereocenters. The van der Waals surface area contributed by atoms with E-state index in [4.69, 9.17) is 10.5 Å². The van der Waals surface area contributed by atoms with E-state index in [-0.39, 0.29) is 0 Å². The summed E-state index contributed by atoms with van der Waals surface area (Å²) in [6, 6.07) is 5.81. The second kappa shape index (κ2) is 7.93. The maximum Gasteiger partial charge on any atom is 0.412 e. The van der Waals surface area contributed by atoms with Crippen LogP contribution < -0.4 is 16.4 Å². The van der Waals surface area contributed by atoms with E-state index in [9.17, 15) is 4.79 Å². The topological polar surface area (TPSA) is 82.9 Å². The standard InChI is InChI=1S/C18H31N5O2/c1-18(2,3)25-17(24)21-13-6-7-15(19)16(10-13)20-11-14-12-22(4)8-9-23(14)5/h6-7,10,14,20H,8-9,11-12,19H2,1-5H3,(H,21,24). The fourth-order valence-corrected chi connectivity index (χ4v) is 2.76. The number of nitrogens with one attached hydrogen (secondary N) is 2. The number of amides is 1. The Morgan fingerprint density at radius 1 is 1.32 bits per heavy atom. The number of rotatable bonds is 4. The van der Waals surface area contributed by atoms with E-state index in [1.54, 1.807) is 12.1 Å². The summed E-state index contributed by atoms with van der Waals surface area (Å²) < 4.78 is 5.28. The monoisotopic (exact) mass is 349 g/mol. The Kier molecular flexibility index (Phi) is 6.13. The molecular weight excluding hydrogens is 318 g/mol. The molecule has 1 aromatic carbocycles. The summed E-state index contributed by atoms with van der Waals surface area (Å²) >= 11 is 0. The molecule has 1 aliphatic heterocycles. The molecule has 1 heterocycles. The molecule has 7 nitrogen and oxygen atoms in total. The maximum absolute atomic E-state index is 11.9. The van der Waals surface area contributed by atoms with Gasteiger partial charge in [-0.2, -0.15) is 0 Å². The third-order valence-electron chi connectivity index (χ3n) is 4.21. The van der Waals surface area contributed by atoms with Gasteiger partial charge in [0.15, 0.2) is 0 Å². The predicted molar refractivity (Wildman–Crippen MR) is 103 cm³/mol. The number of anilines is 3. The van der Waals surface area contributed by atoms with E-state index in [1.165, 1.54) is 0 Å².